The van der Waals surface area contributed by atoms with Crippen LogP contribution in [0.5, 0.6) is 0 Å². The summed E-state index contributed by atoms with van der Waals surface area (Å²) in [5.41, 5.74) is 7.21. The Kier molecular flexibility index (Phi) is 5.30. The smallest absolute Gasteiger partial charge is 0.271 e. The number of hydrazone groups is 1. The monoisotopic (exact) mass is 377 g/mol. The van der Waals surface area contributed by atoms with E-state index in [1.807, 2.05) is 31.4 Å². The van der Waals surface area contributed by atoms with Crippen molar-refractivity contribution >= 4 is 17.8 Å². The fourth-order valence-corrected chi connectivity index (χ4v) is 2.97. The van der Waals surface area contributed by atoms with Gasteiger partial charge in [-0.05, 0) is 44.5 Å². The first kappa shape index (κ1) is 19.0. The van der Waals surface area contributed by atoms with E-state index in [9.17, 15) is 14.9 Å². The average molecular weight is 377 g/mol. The minimum absolute atomic E-state index is 0.0351. The molecule has 0 bridgehead atoms. The molecule has 0 aliphatic heterocycles. The van der Waals surface area contributed by atoms with Gasteiger partial charge in [0.2, 0.25) is 0 Å². The Morgan fingerprint density at radius 2 is 1.89 bits per heavy atom. The van der Waals surface area contributed by atoms with Crippen molar-refractivity contribution in [1.82, 2.24) is 15.0 Å². The largest absolute Gasteiger partial charge is 0.317 e. The molecule has 0 spiro atoms. The molecule has 0 atom stereocenters. The highest BCUT2D eigenvalue weighted by Gasteiger charge is 2.15. The first-order chi connectivity index (χ1) is 13.4. The summed E-state index contributed by atoms with van der Waals surface area (Å²) in [5.74, 6) is -0.331. The lowest BCUT2D eigenvalue weighted by molar-refractivity contribution is -0.384. The van der Waals surface area contributed by atoms with Gasteiger partial charge in [0.1, 0.15) is 0 Å². The van der Waals surface area contributed by atoms with Gasteiger partial charge in [0.05, 0.1) is 16.8 Å². The number of aryl methyl sites for hydroxylation is 2. The molecule has 0 aliphatic rings. The molecule has 0 radical (unpaired) electrons. The number of nitro groups is 1. The summed E-state index contributed by atoms with van der Waals surface area (Å²) in [7, 11) is 0. The van der Waals surface area contributed by atoms with Crippen LogP contribution in [0.15, 0.2) is 53.9 Å². The molecule has 0 fully saturated rings. The molecule has 2 heterocycles. The van der Waals surface area contributed by atoms with Crippen LogP contribution in [0.3, 0.4) is 0 Å². The molecule has 3 rings (SSSR count). The number of hydrogen-bond donors (Lipinski definition) is 1. The molecule has 0 saturated carbocycles. The molecular formula is C20H19N5O3. The van der Waals surface area contributed by atoms with Crippen molar-refractivity contribution in [2.75, 3.05) is 0 Å². The second-order valence-electron chi connectivity index (χ2n) is 6.32. The Morgan fingerprint density at radius 1 is 1.18 bits per heavy atom. The predicted molar refractivity (Wildman–Crippen MR) is 106 cm³/mol. The SMILES string of the molecule is Cc1ccc([N+](=O)[O-])cc1-n1c(C)cc(/C=N\NC(=O)c2ccncc2)c1C. The highest BCUT2D eigenvalue weighted by atomic mass is 16.6. The van der Waals surface area contributed by atoms with Crippen LogP contribution in [-0.2, 0) is 0 Å². The average Bonchev–Trinajstić information content (AvgIpc) is 2.96. The van der Waals surface area contributed by atoms with Crippen molar-refractivity contribution in [3.63, 3.8) is 0 Å². The second kappa shape index (κ2) is 7.83. The van der Waals surface area contributed by atoms with Crippen LogP contribution >= 0.6 is 0 Å². The number of pyridine rings is 1. The second-order valence-corrected chi connectivity index (χ2v) is 6.32. The highest BCUT2D eigenvalue weighted by molar-refractivity contribution is 5.94. The maximum Gasteiger partial charge on any atom is 0.271 e. The fourth-order valence-electron chi connectivity index (χ4n) is 2.97. The van der Waals surface area contributed by atoms with Gasteiger partial charge in [-0.25, -0.2) is 5.43 Å². The quantitative estimate of drug-likeness (QED) is 0.418. The van der Waals surface area contributed by atoms with E-state index in [1.54, 1.807) is 30.5 Å². The molecule has 0 aliphatic carbocycles. The van der Waals surface area contributed by atoms with Crippen LogP contribution in [0.25, 0.3) is 5.69 Å². The van der Waals surface area contributed by atoms with Gasteiger partial charge < -0.3 is 4.57 Å². The molecule has 142 valence electrons. The number of carbonyl (C=O) groups excluding carboxylic acids is 1. The van der Waals surface area contributed by atoms with E-state index in [0.29, 0.717) is 5.56 Å². The van der Waals surface area contributed by atoms with Gasteiger partial charge in [-0.2, -0.15) is 5.10 Å². The number of hydrogen-bond acceptors (Lipinski definition) is 5. The fraction of sp³-hybridized carbons (Fsp3) is 0.150. The number of nitrogens with zero attached hydrogens (tertiary/aromatic N) is 4. The van der Waals surface area contributed by atoms with E-state index in [0.717, 1.165) is 28.2 Å². The zero-order chi connectivity index (χ0) is 20.3. The zero-order valence-corrected chi connectivity index (χ0v) is 15.7. The lowest BCUT2D eigenvalue weighted by Crippen LogP contribution is -2.17. The van der Waals surface area contributed by atoms with E-state index >= 15 is 0 Å². The van der Waals surface area contributed by atoms with E-state index < -0.39 is 4.92 Å². The number of nitrogens with one attached hydrogen (secondary N) is 1. The summed E-state index contributed by atoms with van der Waals surface area (Å²) >= 11 is 0. The van der Waals surface area contributed by atoms with Crippen LogP contribution in [0.1, 0.15) is 32.9 Å². The van der Waals surface area contributed by atoms with Gasteiger partial charge in [0.15, 0.2) is 0 Å². The van der Waals surface area contributed by atoms with E-state index in [2.05, 4.69) is 15.5 Å². The van der Waals surface area contributed by atoms with Gasteiger partial charge in [-0.15, -0.1) is 0 Å². The van der Waals surface area contributed by atoms with Gasteiger partial charge >= 0.3 is 0 Å². The van der Waals surface area contributed by atoms with Crippen molar-refractivity contribution in [3.8, 4) is 5.69 Å². The Balaban J connectivity index is 1.88. The molecule has 8 nitrogen and oxygen atoms in total. The van der Waals surface area contributed by atoms with Crippen LogP contribution < -0.4 is 5.43 Å². The molecule has 2 aromatic heterocycles. The Hall–Kier alpha value is -3.81. The van der Waals surface area contributed by atoms with Crippen LogP contribution in [0, 0.1) is 30.9 Å². The number of aromatic nitrogens is 2. The summed E-state index contributed by atoms with van der Waals surface area (Å²) in [6.45, 7) is 5.72. The molecule has 3 aromatic rings. The normalized spacial score (nSPS) is 11.0. The topological polar surface area (TPSA) is 102 Å². The van der Waals surface area contributed by atoms with Gasteiger partial charge in [0, 0.05) is 47.0 Å². The molecular weight excluding hydrogens is 358 g/mol. The van der Waals surface area contributed by atoms with Crippen molar-refractivity contribution in [2.24, 2.45) is 5.10 Å². The lowest BCUT2D eigenvalue weighted by atomic mass is 10.1. The van der Waals surface area contributed by atoms with E-state index in [4.69, 9.17) is 0 Å². The maximum atomic E-state index is 12.0. The summed E-state index contributed by atoms with van der Waals surface area (Å²) in [6, 6.07) is 9.89. The molecule has 1 N–H and O–H groups in total. The standard InChI is InChI=1S/C20H19N5O3/c1-13-4-5-18(25(27)28)11-19(13)24-14(2)10-17(15(24)3)12-22-23-20(26)16-6-8-21-9-7-16/h4-12H,1-3H3,(H,23,26)/b22-12-. The molecule has 8 heteroatoms. The molecule has 0 saturated heterocycles. The van der Waals surface area contributed by atoms with Crippen molar-refractivity contribution in [3.05, 3.63) is 87.0 Å². The minimum Gasteiger partial charge on any atom is -0.317 e. The molecule has 1 aromatic carbocycles. The summed E-state index contributed by atoms with van der Waals surface area (Å²) in [4.78, 5) is 26.6. The molecule has 0 unspecified atom stereocenters. The van der Waals surface area contributed by atoms with Gasteiger partial charge in [-0.1, -0.05) is 6.07 Å². The predicted octanol–water partition coefficient (Wildman–Crippen LogP) is 3.47. The first-order valence-electron chi connectivity index (χ1n) is 8.56. The maximum absolute atomic E-state index is 12.0. The number of nitro benzene ring substituents is 1. The summed E-state index contributed by atoms with van der Waals surface area (Å²) in [6.07, 6.45) is 4.63. The van der Waals surface area contributed by atoms with E-state index in [1.165, 1.54) is 18.5 Å². The van der Waals surface area contributed by atoms with Crippen LogP contribution in [0.4, 0.5) is 5.69 Å². The van der Waals surface area contributed by atoms with E-state index in [-0.39, 0.29) is 11.6 Å². The Morgan fingerprint density at radius 3 is 2.57 bits per heavy atom. The number of rotatable bonds is 5. The van der Waals surface area contributed by atoms with Crippen molar-refractivity contribution in [2.45, 2.75) is 20.8 Å². The van der Waals surface area contributed by atoms with Crippen LogP contribution in [0.2, 0.25) is 0 Å². The number of non-ortho nitro benzene ring substituents is 1. The number of benzene rings is 1. The molecule has 28 heavy (non-hydrogen) atoms. The number of carbonyl (C=O) groups is 1. The third kappa shape index (κ3) is 3.80. The summed E-state index contributed by atoms with van der Waals surface area (Å²) < 4.78 is 1.94. The minimum atomic E-state index is -0.409. The summed E-state index contributed by atoms with van der Waals surface area (Å²) in [5, 5.41) is 15.2. The Bertz CT molecular complexity index is 1070. The zero-order valence-electron chi connectivity index (χ0n) is 15.7. The van der Waals surface area contributed by atoms with Crippen molar-refractivity contribution in [1.29, 1.82) is 0 Å². The third-order valence-electron chi connectivity index (χ3n) is 4.43. The number of amides is 1. The highest BCUT2D eigenvalue weighted by Crippen LogP contribution is 2.26. The molecule has 1 amide bonds. The van der Waals surface area contributed by atoms with Gasteiger partial charge in [-0.3, -0.25) is 19.9 Å². The Labute approximate surface area is 161 Å². The third-order valence-corrected chi connectivity index (χ3v) is 4.43. The van der Waals surface area contributed by atoms with Crippen molar-refractivity contribution < 1.29 is 9.72 Å². The first-order valence-corrected chi connectivity index (χ1v) is 8.56. The lowest BCUT2D eigenvalue weighted by Gasteiger charge is -2.12. The van der Waals surface area contributed by atoms with Crippen LogP contribution in [-0.4, -0.2) is 26.6 Å². The van der Waals surface area contributed by atoms with Gasteiger partial charge in [0.25, 0.3) is 11.6 Å².